The SMILES string of the molecule is C=C[C@H](NCc1ccccc1)c1ccc2ccccc2c1. The fourth-order valence-electron chi connectivity index (χ4n) is 2.56. The Morgan fingerprint density at radius 3 is 2.33 bits per heavy atom. The predicted octanol–water partition coefficient (Wildman–Crippen LogP) is 4.86. The van der Waals surface area contributed by atoms with Crippen LogP contribution in [0.15, 0.2) is 85.5 Å². The van der Waals surface area contributed by atoms with Crippen molar-refractivity contribution in [2.24, 2.45) is 0 Å². The summed E-state index contributed by atoms with van der Waals surface area (Å²) in [7, 11) is 0. The van der Waals surface area contributed by atoms with E-state index in [0.29, 0.717) is 0 Å². The van der Waals surface area contributed by atoms with Crippen molar-refractivity contribution in [1.29, 1.82) is 0 Å². The quantitative estimate of drug-likeness (QED) is 0.655. The first-order valence-corrected chi connectivity index (χ1v) is 7.25. The Balaban J connectivity index is 1.79. The van der Waals surface area contributed by atoms with Gasteiger partial charge in [-0.3, -0.25) is 0 Å². The molecule has 0 saturated carbocycles. The van der Waals surface area contributed by atoms with E-state index in [2.05, 4.69) is 78.6 Å². The lowest BCUT2D eigenvalue weighted by atomic mass is 10.0. The van der Waals surface area contributed by atoms with Crippen molar-refractivity contribution in [2.45, 2.75) is 12.6 Å². The average Bonchev–Trinajstić information content (AvgIpc) is 2.56. The number of hydrogen-bond acceptors (Lipinski definition) is 1. The molecular weight excluding hydrogens is 254 g/mol. The minimum atomic E-state index is 0.162. The van der Waals surface area contributed by atoms with Crippen molar-refractivity contribution in [3.05, 3.63) is 96.6 Å². The minimum absolute atomic E-state index is 0.162. The van der Waals surface area contributed by atoms with Crippen LogP contribution >= 0.6 is 0 Å². The van der Waals surface area contributed by atoms with Crippen LogP contribution in [-0.2, 0) is 6.54 Å². The average molecular weight is 273 g/mol. The number of fused-ring (bicyclic) bond motifs is 1. The first-order chi connectivity index (χ1) is 10.4. The second-order valence-electron chi connectivity index (χ2n) is 5.19. The van der Waals surface area contributed by atoms with Crippen molar-refractivity contribution < 1.29 is 0 Å². The molecule has 1 nitrogen and oxygen atoms in total. The number of rotatable bonds is 5. The fraction of sp³-hybridized carbons (Fsp3) is 0.100. The van der Waals surface area contributed by atoms with Gasteiger partial charge in [0.25, 0.3) is 0 Å². The minimum Gasteiger partial charge on any atom is -0.303 e. The molecule has 0 bridgehead atoms. The first kappa shape index (κ1) is 13.6. The normalized spacial score (nSPS) is 12.2. The van der Waals surface area contributed by atoms with Crippen LogP contribution < -0.4 is 5.32 Å². The van der Waals surface area contributed by atoms with E-state index in [0.717, 1.165) is 6.54 Å². The molecule has 0 amide bonds. The molecule has 1 heteroatoms. The van der Waals surface area contributed by atoms with Crippen LogP contribution in [0.1, 0.15) is 17.2 Å². The van der Waals surface area contributed by atoms with Crippen LogP contribution in [0.2, 0.25) is 0 Å². The van der Waals surface area contributed by atoms with Gasteiger partial charge < -0.3 is 5.32 Å². The Bertz CT molecular complexity index is 731. The summed E-state index contributed by atoms with van der Waals surface area (Å²) >= 11 is 0. The Labute approximate surface area is 125 Å². The zero-order valence-corrected chi connectivity index (χ0v) is 12.0. The van der Waals surface area contributed by atoms with Gasteiger partial charge in [0.2, 0.25) is 0 Å². The number of hydrogen-bond donors (Lipinski definition) is 1. The summed E-state index contributed by atoms with van der Waals surface area (Å²) in [6.07, 6.45) is 1.97. The summed E-state index contributed by atoms with van der Waals surface area (Å²) in [6, 6.07) is 25.6. The molecule has 0 aliphatic heterocycles. The topological polar surface area (TPSA) is 12.0 Å². The highest BCUT2D eigenvalue weighted by Crippen LogP contribution is 2.21. The predicted molar refractivity (Wildman–Crippen MR) is 90.2 cm³/mol. The van der Waals surface area contributed by atoms with Crippen molar-refractivity contribution in [3.8, 4) is 0 Å². The van der Waals surface area contributed by atoms with Crippen LogP contribution in [0.5, 0.6) is 0 Å². The Morgan fingerprint density at radius 2 is 1.57 bits per heavy atom. The standard InChI is InChI=1S/C20H19N/c1-2-20(21-15-16-8-4-3-5-9-16)19-13-12-17-10-6-7-11-18(17)14-19/h2-14,20-21H,1,15H2/t20-/m0/s1. The van der Waals surface area contributed by atoms with Gasteiger partial charge in [0.1, 0.15) is 0 Å². The van der Waals surface area contributed by atoms with Gasteiger partial charge in [-0.2, -0.15) is 0 Å². The molecule has 104 valence electrons. The van der Waals surface area contributed by atoms with E-state index in [-0.39, 0.29) is 6.04 Å². The summed E-state index contributed by atoms with van der Waals surface area (Å²) in [6.45, 7) is 4.80. The summed E-state index contributed by atoms with van der Waals surface area (Å²) in [4.78, 5) is 0. The molecule has 3 aromatic carbocycles. The molecule has 0 saturated heterocycles. The molecule has 0 fully saturated rings. The van der Waals surface area contributed by atoms with E-state index in [4.69, 9.17) is 0 Å². The van der Waals surface area contributed by atoms with Gasteiger partial charge >= 0.3 is 0 Å². The second-order valence-corrected chi connectivity index (χ2v) is 5.19. The van der Waals surface area contributed by atoms with Crippen LogP contribution in [0.25, 0.3) is 10.8 Å². The van der Waals surface area contributed by atoms with E-state index < -0.39 is 0 Å². The molecule has 1 N–H and O–H groups in total. The van der Waals surface area contributed by atoms with Crippen molar-refractivity contribution in [2.75, 3.05) is 0 Å². The summed E-state index contributed by atoms with van der Waals surface area (Å²) in [5.74, 6) is 0. The van der Waals surface area contributed by atoms with Crippen molar-refractivity contribution >= 4 is 10.8 Å². The van der Waals surface area contributed by atoms with Gasteiger partial charge in [0.05, 0.1) is 6.04 Å². The zero-order chi connectivity index (χ0) is 14.5. The van der Waals surface area contributed by atoms with Gasteiger partial charge in [0, 0.05) is 6.54 Å². The Kier molecular flexibility index (Phi) is 4.13. The second kappa shape index (κ2) is 6.38. The maximum Gasteiger partial charge on any atom is 0.0506 e. The molecule has 0 heterocycles. The molecule has 0 aromatic heterocycles. The maximum atomic E-state index is 3.97. The van der Waals surface area contributed by atoms with Crippen LogP contribution in [-0.4, -0.2) is 0 Å². The molecule has 0 unspecified atom stereocenters. The molecule has 0 spiro atoms. The van der Waals surface area contributed by atoms with Gasteiger partial charge in [-0.25, -0.2) is 0 Å². The van der Waals surface area contributed by atoms with Crippen molar-refractivity contribution in [1.82, 2.24) is 5.32 Å². The van der Waals surface area contributed by atoms with E-state index in [9.17, 15) is 0 Å². The summed E-state index contributed by atoms with van der Waals surface area (Å²) < 4.78 is 0. The lowest BCUT2D eigenvalue weighted by Crippen LogP contribution is -2.18. The largest absolute Gasteiger partial charge is 0.303 e. The highest BCUT2D eigenvalue weighted by molar-refractivity contribution is 5.83. The molecule has 1 atom stereocenters. The van der Waals surface area contributed by atoms with Gasteiger partial charge in [-0.15, -0.1) is 6.58 Å². The summed E-state index contributed by atoms with van der Waals surface area (Å²) in [5.41, 5.74) is 2.53. The van der Waals surface area contributed by atoms with Gasteiger partial charge in [-0.1, -0.05) is 72.8 Å². The highest BCUT2D eigenvalue weighted by atomic mass is 14.9. The molecule has 0 aliphatic carbocycles. The molecular formula is C20H19N. The lowest BCUT2D eigenvalue weighted by molar-refractivity contribution is 0.622. The molecule has 0 radical (unpaired) electrons. The lowest BCUT2D eigenvalue weighted by Gasteiger charge is -2.16. The van der Waals surface area contributed by atoms with Gasteiger partial charge in [-0.05, 0) is 28.0 Å². The number of nitrogens with one attached hydrogen (secondary N) is 1. The van der Waals surface area contributed by atoms with Crippen LogP contribution in [0.3, 0.4) is 0 Å². The summed E-state index contributed by atoms with van der Waals surface area (Å²) in [5, 5.41) is 6.09. The van der Waals surface area contributed by atoms with E-state index in [1.165, 1.54) is 21.9 Å². The third kappa shape index (κ3) is 3.21. The molecule has 3 rings (SSSR count). The highest BCUT2D eigenvalue weighted by Gasteiger charge is 2.07. The van der Waals surface area contributed by atoms with Gasteiger partial charge in [0.15, 0.2) is 0 Å². The van der Waals surface area contributed by atoms with Crippen LogP contribution in [0.4, 0.5) is 0 Å². The Hall–Kier alpha value is -2.38. The molecule has 3 aromatic rings. The monoisotopic (exact) mass is 273 g/mol. The smallest absolute Gasteiger partial charge is 0.0506 e. The van der Waals surface area contributed by atoms with E-state index in [1.54, 1.807) is 0 Å². The van der Waals surface area contributed by atoms with Crippen LogP contribution in [0, 0.1) is 0 Å². The third-order valence-electron chi connectivity index (χ3n) is 3.74. The fourth-order valence-corrected chi connectivity index (χ4v) is 2.56. The first-order valence-electron chi connectivity index (χ1n) is 7.25. The number of benzene rings is 3. The zero-order valence-electron chi connectivity index (χ0n) is 12.0. The molecule has 0 aliphatic rings. The maximum absolute atomic E-state index is 3.97. The van der Waals surface area contributed by atoms with Crippen molar-refractivity contribution in [3.63, 3.8) is 0 Å². The van der Waals surface area contributed by atoms with E-state index >= 15 is 0 Å². The Morgan fingerprint density at radius 1 is 0.857 bits per heavy atom. The molecule has 21 heavy (non-hydrogen) atoms. The van der Waals surface area contributed by atoms with E-state index in [1.807, 2.05) is 12.1 Å². The third-order valence-corrected chi connectivity index (χ3v) is 3.74.